The number of benzene rings is 1. The van der Waals surface area contributed by atoms with Crippen LogP contribution < -0.4 is 0 Å². The lowest BCUT2D eigenvalue weighted by atomic mass is 9.95. The van der Waals surface area contributed by atoms with Crippen LogP contribution >= 0.6 is 23.2 Å². The second-order valence-electron chi connectivity index (χ2n) is 4.81. The molecule has 1 saturated heterocycles. The van der Waals surface area contributed by atoms with Gasteiger partial charge < -0.3 is 0 Å². The SMILES string of the molecule is ClCCC1CCCN(Cc2ccccc2Cl)C1. The maximum atomic E-state index is 6.19. The highest BCUT2D eigenvalue weighted by Gasteiger charge is 2.19. The standard InChI is InChI=1S/C14H19Cl2N/c15-8-7-12-4-3-9-17(10-12)11-13-5-1-2-6-14(13)16/h1-2,5-6,12H,3-4,7-11H2. The number of hydrogen-bond acceptors (Lipinski definition) is 1. The molecule has 1 aliphatic heterocycles. The normalized spacial score (nSPS) is 21.6. The highest BCUT2D eigenvalue weighted by Crippen LogP contribution is 2.23. The van der Waals surface area contributed by atoms with Gasteiger partial charge in [-0.25, -0.2) is 0 Å². The van der Waals surface area contributed by atoms with Crippen molar-refractivity contribution in [3.05, 3.63) is 34.9 Å². The lowest BCUT2D eigenvalue weighted by Gasteiger charge is -2.32. The van der Waals surface area contributed by atoms with Gasteiger partial charge in [-0.1, -0.05) is 29.8 Å². The topological polar surface area (TPSA) is 3.24 Å². The van der Waals surface area contributed by atoms with Crippen molar-refractivity contribution in [1.82, 2.24) is 4.90 Å². The third kappa shape index (κ3) is 3.87. The van der Waals surface area contributed by atoms with E-state index in [0.29, 0.717) is 0 Å². The molecule has 2 rings (SSSR count). The fourth-order valence-corrected chi connectivity index (χ4v) is 3.06. The zero-order chi connectivity index (χ0) is 12.1. The van der Waals surface area contributed by atoms with E-state index in [4.69, 9.17) is 23.2 Å². The highest BCUT2D eigenvalue weighted by atomic mass is 35.5. The second kappa shape index (κ2) is 6.63. The van der Waals surface area contributed by atoms with E-state index < -0.39 is 0 Å². The Morgan fingerprint density at radius 3 is 2.88 bits per heavy atom. The lowest BCUT2D eigenvalue weighted by Crippen LogP contribution is -2.35. The van der Waals surface area contributed by atoms with E-state index in [9.17, 15) is 0 Å². The summed E-state index contributed by atoms with van der Waals surface area (Å²) in [6.07, 6.45) is 3.75. The Morgan fingerprint density at radius 2 is 2.12 bits per heavy atom. The van der Waals surface area contributed by atoms with Crippen LogP contribution in [-0.4, -0.2) is 23.9 Å². The lowest BCUT2D eigenvalue weighted by molar-refractivity contribution is 0.165. The minimum absolute atomic E-state index is 0.767. The molecule has 1 heterocycles. The molecule has 1 aliphatic rings. The van der Waals surface area contributed by atoms with Crippen LogP contribution in [0, 0.1) is 5.92 Å². The summed E-state index contributed by atoms with van der Waals surface area (Å²) in [5.41, 5.74) is 1.24. The molecule has 0 radical (unpaired) electrons. The Balaban J connectivity index is 1.92. The number of hydrogen-bond donors (Lipinski definition) is 0. The number of piperidine rings is 1. The first-order valence-electron chi connectivity index (χ1n) is 6.31. The van der Waals surface area contributed by atoms with Gasteiger partial charge >= 0.3 is 0 Å². The second-order valence-corrected chi connectivity index (χ2v) is 5.60. The molecule has 1 aromatic carbocycles. The molecular formula is C14H19Cl2N. The van der Waals surface area contributed by atoms with Crippen molar-refractivity contribution in [1.29, 1.82) is 0 Å². The quantitative estimate of drug-likeness (QED) is 0.743. The molecule has 0 N–H and O–H groups in total. The van der Waals surface area contributed by atoms with Gasteiger partial charge in [0.15, 0.2) is 0 Å². The van der Waals surface area contributed by atoms with E-state index >= 15 is 0 Å². The number of likely N-dealkylation sites (tertiary alicyclic amines) is 1. The zero-order valence-corrected chi connectivity index (χ0v) is 11.6. The van der Waals surface area contributed by atoms with Crippen LogP contribution in [0.4, 0.5) is 0 Å². The summed E-state index contributed by atoms with van der Waals surface area (Å²) in [5, 5.41) is 0.881. The van der Waals surface area contributed by atoms with Gasteiger partial charge in [0.2, 0.25) is 0 Å². The molecule has 17 heavy (non-hydrogen) atoms. The number of rotatable bonds is 4. The van der Waals surface area contributed by atoms with Crippen molar-refractivity contribution in [3.63, 3.8) is 0 Å². The van der Waals surface area contributed by atoms with E-state index in [1.54, 1.807) is 0 Å². The van der Waals surface area contributed by atoms with E-state index in [1.165, 1.54) is 24.9 Å². The molecule has 3 heteroatoms. The average Bonchev–Trinajstić information content (AvgIpc) is 2.33. The first-order chi connectivity index (χ1) is 8.29. The first-order valence-corrected chi connectivity index (χ1v) is 7.22. The van der Waals surface area contributed by atoms with E-state index in [-0.39, 0.29) is 0 Å². The maximum absolute atomic E-state index is 6.19. The molecule has 1 fully saturated rings. The smallest absolute Gasteiger partial charge is 0.0451 e. The van der Waals surface area contributed by atoms with E-state index in [0.717, 1.165) is 36.3 Å². The van der Waals surface area contributed by atoms with Crippen LogP contribution in [0.2, 0.25) is 5.02 Å². The van der Waals surface area contributed by atoms with Gasteiger partial charge in [-0.15, -0.1) is 11.6 Å². The highest BCUT2D eigenvalue weighted by molar-refractivity contribution is 6.31. The molecule has 1 aromatic rings. The molecule has 1 atom stereocenters. The summed E-state index contributed by atoms with van der Waals surface area (Å²) in [4.78, 5) is 2.50. The summed E-state index contributed by atoms with van der Waals surface area (Å²) in [6, 6.07) is 8.13. The van der Waals surface area contributed by atoms with Crippen molar-refractivity contribution < 1.29 is 0 Å². The van der Waals surface area contributed by atoms with E-state index in [2.05, 4.69) is 17.0 Å². The van der Waals surface area contributed by atoms with Crippen LogP contribution in [0.25, 0.3) is 0 Å². The van der Waals surface area contributed by atoms with Crippen molar-refractivity contribution in [3.8, 4) is 0 Å². The monoisotopic (exact) mass is 271 g/mol. The predicted molar refractivity (Wildman–Crippen MR) is 74.8 cm³/mol. The minimum atomic E-state index is 0.767. The van der Waals surface area contributed by atoms with Crippen LogP contribution in [0.15, 0.2) is 24.3 Å². The zero-order valence-electron chi connectivity index (χ0n) is 10.0. The summed E-state index contributed by atoms with van der Waals surface area (Å²) < 4.78 is 0. The summed E-state index contributed by atoms with van der Waals surface area (Å²) in [7, 11) is 0. The summed E-state index contributed by atoms with van der Waals surface area (Å²) >= 11 is 12.0. The maximum Gasteiger partial charge on any atom is 0.0451 e. The summed E-state index contributed by atoms with van der Waals surface area (Å²) in [5.74, 6) is 1.55. The average molecular weight is 272 g/mol. The number of halogens is 2. The molecular weight excluding hydrogens is 253 g/mol. The molecule has 0 saturated carbocycles. The van der Waals surface area contributed by atoms with Gasteiger partial charge in [-0.2, -0.15) is 0 Å². The molecule has 0 spiro atoms. The Hall–Kier alpha value is -0.240. The van der Waals surface area contributed by atoms with Crippen molar-refractivity contribution >= 4 is 23.2 Å². The van der Waals surface area contributed by atoms with Gasteiger partial charge in [-0.05, 0) is 43.4 Å². The minimum Gasteiger partial charge on any atom is -0.299 e. The van der Waals surface area contributed by atoms with Gasteiger partial charge in [0.25, 0.3) is 0 Å². The molecule has 0 bridgehead atoms. The Labute approximate surface area is 114 Å². The Kier molecular flexibility index (Phi) is 5.15. The molecule has 0 aromatic heterocycles. The predicted octanol–water partition coefficient (Wildman–Crippen LogP) is 4.18. The fourth-order valence-electron chi connectivity index (χ4n) is 2.55. The number of nitrogens with zero attached hydrogens (tertiary/aromatic N) is 1. The van der Waals surface area contributed by atoms with Crippen molar-refractivity contribution in [2.45, 2.75) is 25.8 Å². The van der Waals surface area contributed by atoms with E-state index in [1.807, 2.05) is 12.1 Å². The van der Waals surface area contributed by atoms with Gasteiger partial charge in [0, 0.05) is 24.0 Å². The van der Waals surface area contributed by atoms with Gasteiger partial charge in [-0.3, -0.25) is 4.90 Å². The van der Waals surface area contributed by atoms with Crippen molar-refractivity contribution in [2.24, 2.45) is 5.92 Å². The van der Waals surface area contributed by atoms with Crippen LogP contribution in [-0.2, 0) is 6.54 Å². The Bertz CT molecular complexity index is 352. The largest absolute Gasteiger partial charge is 0.299 e. The fraction of sp³-hybridized carbons (Fsp3) is 0.571. The summed E-state index contributed by atoms with van der Waals surface area (Å²) in [6.45, 7) is 3.32. The molecule has 1 unspecified atom stereocenters. The first kappa shape index (κ1) is 13.2. The van der Waals surface area contributed by atoms with Crippen LogP contribution in [0.1, 0.15) is 24.8 Å². The molecule has 0 amide bonds. The molecule has 0 aliphatic carbocycles. The third-order valence-electron chi connectivity index (χ3n) is 3.47. The van der Waals surface area contributed by atoms with Crippen LogP contribution in [0.5, 0.6) is 0 Å². The van der Waals surface area contributed by atoms with Crippen molar-refractivity contribution in [2.75, 3.05) is 19.0 Å². The third-order valence-corrected chi connectivity index (χ3v) is 4.06. The van der Waals surface area contributed by atoms with Crippen LogP contribution in [0.3, 0.4) is 0 Å². The van der Waals surface area contributed by atoms with Gasteiger partial charge in [0.1, 0.15) is 0 Å². The Morgan fingerprint density at radius 1 is 1.29 bits per heavy atom. The number of alkyl halides is 1. The molecule has 94 valence electrons. The van der Waals surface area contributed by atoms with Gasteiger partial charge in [0.05, 0.1) is 0 Å². The molecule has 1 nitrogen and oxygen atoms in total.